The monoisotopic (exact) mass is 174 g/mol. The molecule has 1 aliphatic carbocycles. The lowest BCUT2D eigenvalue weighted by Gasteiger charge is -2.30. The molecule has 0 amide bonds. The summed E-state index contributed by atoms with van der Waals surface area (Å²) in [5.74, 6) is 0. The van der Waals surface area contributed by atoms with Gasteiger partial charge in [-0.15, -0.1) is 0 Å². The number of carbonyl (C=O) groups excluding carboxylic acids is 1. The molecule has 1 atom stereocenters. The van der Waals surface area contributed by atoms with Gasteiger partial charge in [-0.3, -0.25) is 0 Å². The van der Waals surface area contributed by atoms with Crippen molar-refractivity contribution < 1.29 is 4.79 Å². The number of carbonyl (C=O) groups is 1. The van der Waals surface area contributed by atoms with Gasteiger partial charge in [0.15, 0.2) is 0 Å². The topological polar surface area (TPSA) is 17.1 Å². The Morgan fingerprint density at radius 3 is 2.92 bits per heavy atom. The maximum Gasteiger partial charge on any atom is 0.130 e. The van der Waals surface area contributed by atoms with Crippen molar-refractivity contribution in [2.24, 2.45) is 0 Å². The molecule has 0 saturated carbocycles. The summed E-state index contributed by atoms with van der Waals surface area (Å²) in [7, 11) is 0. The summed E-state index contributed by atoms with van der Waals surface area (Å²) in [4.78, 5) is 11.0. The van der Waals surface area contributed by atoms with Gasteiger partial charge in [-0.25, -0.2) is 0 Å². The van der Waals surface area contributed by atoms with Gasteiger partial charge in [0.1, 0.15) is 6.29 Å². The maximum atomic E-state index is 11.0. The normalized spacial score (nSPS) is 26.5. The Kier molecular flexibility index (Phi) is 1.95. The Morgan fingerprint density at radius 2 is 2.15 bits per heavy atom. The van der Waals surface area contributed by atoms with Crippen LogP contribution >= 0.6 is 0 Å². The minimum atomic E-state index is -0.227. The highest BCUT2D eigenvalue weighted by Crippen LogP contribution is 2.35. The molecule has 2 rings (SSSR count). The number of benzene rings is 1. The van der Waals surface area contributed by atoms with Crippen LogP contribution in [0.5, 0.6) is 0 Å². The van der Waals surface area contributed by atoms with E-state index in [0.29, 0.717) is 0 Å². The van der Waals surface area contributed by atoms with Crippen molar-refractivity contribution in [1.29, 1.82) is 0 Å². The van der Waals surface area contributed by atoms with E-state index in [0.717, 1.165) is 25.5 Å². The van der Waals surface area contributed by atoms with Gasteiger partial charge in [0.05, 0.1) is 0 Å². The molecule has 1 unspecified atom stereocenters. The first-order valence-corrected chi connectivity index (χ1v) is 4.81. The fraction of sp³-hybridized carbons (Fsp3) is 0.417. The third-order valence-electron chi connectivity index (χ3n) is 3.03. The molecule has 1 aromatic rings. The van der Waals surface area contributed by atoms with Crippen LogP contribution in [0.1, 0.15) is 30.9 Å². The Morgan fingerprint density at radius 1 is 1.38 bits per heavy atom. The summed E-state index contributed by atoms with van der Waals surface area (Å²) >= 11 is 0. The van der Waals surface area contributed by atoms with Crippen molar-refractivity contribution >= 4 is 6.29 Å². The molecular formula is C12H14O. The molecule has 0 spiro atoms. The van der Waals surface area contributed by atoms with Crippen molar-refractivity contribution in [3.05, 3.63) is 35.4 Å². The van der Waals surface area contributed by atoms with Crippen molar-refractivity contribution in [3.8, 4) is 0 Å². The van der Waals surface area contributed by atoms with Crippen LogP contribution in [0.15, 0.2) is 24.3 Å². The van der Waals surface area contributed by atoms with Crippen LogP contribution in [-0.4, -0.2) is 6.29 Å². The van der Waals surface area contributed by atoms with E-state index >= 15 is 0 Å². The van der Waals surface area contributed by atoms with Crippen LogP contribution in [-0.2, 0) is 16.6 Å². The Hall–Kier alpha value is -1.11. The van der Waals surface area contributed by atoms with E-state index in [1.54, 1.807) is 0 Å². The predicted molar refractivity (Wildman–Crippen MR) is 52.8 cm³/mol. The number of fused-ring (bicyclic) bond motifs is 1. The highest BCUT2D eigenvalue weighted by atomic mass is 16.1. The lowest BCUT2D eigenvalue weighted by molar-refractivity contribution is -0.112. The molecular weight excluding hydrogens is 160 g/mol. The van der Waals surface area contributed by atoms with Crippen LogP contribution in [0.3, 0.4) is 0 Å². The van der Waals surface area contributed by atoms with E-state index in [1.807, 2.05) is 13.0 Å². The zero-order chi connectivity index (χ0) is 9.31. The number of hydrogen-bond donors (Lipinski definition) is 0. The fourth-order valence-corrected chi connectivity index (χ4v) is 2.20. The average Bonchev–Trinajstić information content (AvgIpc) is 2.19. The average molecular weight is 174 g/mol. The largest absolute Gasteiger partial charge is 0.302 e. The van der Waals surface area contributed by atoms with Crippen molar-refractivity contribution in [2.75, 3.05) is 0 Å². The first kappa shape index (κ1) is 8.49. The van der Waals surface area contributed by atoms with Gasteiger partial charge in [-0.05, 0) is 37.3 Å². The lowest BCUT2D eigenvalue weighted by atomic mass is 9.72. The minimum Gasteiger partial charge on any atom is -0.302 e. The van der Waals surface area contributed by atoms with Gasteiger partial charge in [0, 0.05) is 5.41 Å². The molecule has 0 aromatic heterocycles. The van der Waals surface area contributed by atoms with E-state index < -0.39 is 0 Å². The van der Waals surface area contributed by atoms with Gasteiger partial charge in [-0.2, -0.15) is 0 Å². The molecule has 0 bridgehead atoms. The van der Waals surface area contributed by atoms with E-state index in [9.17, 15) is 4.79 Å². The van der Waals surface area contributed by atoms with Gasteiger partial charge in [0.25, 0.3) is 0 Å². The summed E-state index contributed by atoms with van der Waals surface area (Å²) in [6.45, 7) is 2.04. The molecule has 0 radical (unpaired) electrons. The molecule has 0 saturated heterocycles. The van der Waals surface area contributed by atoms with E-state index in [4.69, 9.17) is 0 Å². The first-order valence-electron chi connectivity index (χ1n) is 4.81. The maximum absolute atomic E-state index is 11.0. The standard InChI is InChI=1S/C12H14O/c1-12(9-13)8-4-6-10-5-2-3-7-11(10)12/h2-3,5,7,9H,4,6,8H2,1H3. The van der Waals surface area contributed by atoms with Gasteiger partial charge >= 0.3 is 0 Å². The van der Waals surface area contributed by atoms with E-state index in [2.05, 4.69) is 18.2 Å². The summed E-state index contributed by atoms with van der Waals surface area (Å²) < 4.78 is 0. The fourth-order valence-electron chi connectivity index (χ4n) is 2.20. The van der Waals surface area contributed by atoms with Gasteiger partial charge < -0.3 is 4.79 Å². The third kappa shape index (κ3) is 1.28. The summed E-state index contributed by atoms with van der Waals surface area (Å²) in [6, 6.07) is 8.29. The molecule has 1 nitrogen and oxygen atoms in total. The molecule has 1 aliphatic rings. The van der Waals surface area contributed by atoms with Crippen LogP contribution in [0, 0.1) is 0 Å². The first-order chi connectivity index (χ1) is 6.26. The van der Waals surface area contributed by atoms with Gasteiger partial charge in [-0.1, -0.05) is 24.3 Å². The molecule has 0 N–H and O–H groups in total. The molecule has 0 fully saturated rings. The Balaban J connectivity index is 2.54. The van der Waals surface area contributed by atoms with Crippen molar-refractivity contribution in [3.63, 3.8) is 0 Å². The zero-order valence-electron chi connectivity index (χ0n) is 7.92. The molecule has 1 heteroatoms. The molecule has 13 heavy (non-hydrogen) atoms. The van der Waals surface area contributed by atoms with Crippen LogP contribution in [0.2, 0.25) is 0 Å². The van der Waals surface area contributed by atoms with Crippen molar-refractivity contribution in [1.82, 2.24) is 0 Å². The van der Waals surface area contributed by atoms with Crippen molar-refractivity contribution in [2.45, 2.75) is 31.6 Å². The molecule has 0 heterocycles. The van der Waals surface area contributed by atoms with Crippen LogP contribution < -0.4 is 0 Å². The lowest BCUT2D eigenvalue weighted by Crippen LogP contribution is -2.28. The SMILES string of the molecule is CC1(C=O)CCCc2ccccc21. The Labute approximate surface area is 78.8 Å². The van der Waals surface area contributed by atoms with E-state index in [-0.39, 0.29) is 5.41 Å². The second-order valence-corrected chi connectivity index (χ2v) is 4.05. The van der Waals surface area contributed by atoms with Crippen LogP contribution in [0.25, 0.3) is 0 Å². The number of aldehydes is 1. The smallest absolute Gasteiger partial charge is 0.130 e. The summed E-state index contributed by atoms with van der Waals surface area (Å²) in [5.41, 5.74) is 2.36. The highest BCUT2D eigenvalue weighted by molar-refractivity contribution is 5.69. The Bertz CT molecular complexity index is 330. The van der Waals surface area contributed by atoms with Gasteiger partial charge in [0.2, 0.25) is 0 Å². The predicted octanol–water partition coefficient (Wildman–Crippen LogP) is 2.48. The quantitative estimate of drug-likeness (QED) is 0.598. The summed E-state index contributed by atoms with van der Waals surface area (Å²) in [6.07, 6.45) is 4.35. The van der Waals surface area contributed by atoms with Crippen LogP contribution in [0.4, 0.5) is 0 Å². The third-order valence-corrected chi connectivity index (χ3v) is 3.03. The number of aryl methyl sites for hydroxylation is 1. The summed E-state index contributed by atoms with van der Waals surface area (Å²) in [5, 5.41) is 0. The molecule has 0 aliphatic heterocycles. The molecule has 68 valence electrons. The second-order valence-electron chi connectivity index (χ2n) is 4.05. The zero-order valence-corrected chi connectivity index (χ0v) is 7.92. The highest BCUT2D eigenvalue weighted by Gasteiger charge is 2.30. The number of rotatable bonds is 1. The number of hydrogen-bond acceptors (Lipinski definition) is 1. The van der Waals surface area contributed by atoms with E-state index in [1.165, 1.54) is 11.1 Å². The molecule has 1 aromatic carbocycles. The minimum absolute atomic E-state index is 0.227. The second kappa shape index (κ2) is 2.99.